The van der Waals surface area contributed by atoms with Crippen LogP contribution < -0.4 is 5.32 Å². The number of aromatic nitrogens is 2. The molecule has 1 heterocycles. The number of anilines is 1. The zero-order chi connectivity index (χ0) is 13.3. The Labute approximate surface area is 118 Å². The highest BCUT2D eigenvalue weighted by atomic mass is 79.9. The van der Waals surface area contributed by atoms with Gasteiger partial charge in [-0.3, -0.25) is 9.48 Å². The van der Waals surface area contributed by atoms with E-state index < -0.39 is 0 Å². The molecule has 0 aliphatic carbocycles. The van der Waals surface area contributed by atoms with Crippen molar-refractivity contribution in [1.82, 2.24) is 9.78 Å². The molecule has 1 aromatic heterocycles. The molecule has 0 atom stereocenters. The van der Waals surface area contributed by atoms with Crippen LogP contribution in [0.2, 0.25) is 5.02 Å². The second kappa shape index (κ2) is 5.12. The number of halogens is 2. The van der Waals surface area contributed by atoms with Crippen LogP contribution in [0.3, 0.4) is 0 Å². The van der Waals surface area contributed by atoms with E-state index in [2.05, 4.69) is 26.3 Å². The summed E-state index contributed by atoms with van der Waals surface area (Å²) in [6.45, 7) is 1.84. The van der Waals surface area contributed by atoms with E-state index in [1.807, 2.05) is 6.92 Å². The lowest BCUT2D eigenvalue weighted by Gasteiger charge is -2.06. The Kier molecular flexibility index (Phi) is 3.73. The molecule has 94 valence electrons. The summed E-state index contributed by atoms with van der Waals surface area (Å²) < 4.78 is 2.32. The Morgan fingerprint density at radius 3 is 2.78 bits per heavy atom. The van der Waals surface area contributed by atoms with Gasteiger partial charge in [-0.1, -0.05) is 11.6 Å². The quantitative estimate of drug-likeness (QED) is 0.918. The molecule has 18 heavy (non-hydrogen) atoms. The van der Waals surface area contributed by atoms with Gasteiger partial charge in [-0.15, -0.1) is 0 Å². The predicted octanol–water partition coefficient (Wildman–Crippen LogP) is 3.40. The average molecular weight is 329 g/mol. The molecule has 2 aromatic rings. The van der Waals surface area contributed by atoms with Crippen LogP contribution in [0, 0.1) is 6.92 Å². The van der Waals surface area contributed by atoms with Crippen molar-refractivity contribution in [2.75, 3.05) is 5.32 Å². The number of amides is 1. The molecule has 4 nitrogen and oxygen atoms in total. The molecule has 1 N–H and O–H groups in total. The molecule has 0 spiro atoms. The van der Waals surface area contributed by atoms with E-state index in [-0.39, 0.29) is 5.91 Å². The van der Waals surface area contributed by atoms with Crippen molar-refractivity contribution in [3.8, 4) is 0 Å². The molecule has 0 aliphatic rings. The fourth-order valence-electron chi connectivity index (χ4n) is 1.59. The van der Waals surface area contributed by atoms with Crippen LogP contribution in [0.1, 0.15) is 16.1 Å². The number of nitrogens with zero attached hydrogens (tertiary/aromatic N) is 2. The third-order valence-corrected chi connectivity index (χ3v) is 3.33. The van der Waals surface area contributed by atoms with E-state index in [0.717, 1.165) is 5.69 Å². The molecule has 0 saturated heterocycles. The Morgan fingerprint density at radius 1 is 1.50 bits per heavy atom. The minimum absolute atomic E-state index is 0.199. The van der Waals surface area contributed by atoms with E-state index in [1.54, 1.807) is 36.1 Å². The van der Waals surface area contributed by atoms with Gasteiger partial charge in [0.2, 0.25) is 0 Å². The van der Waals surface area contributed by atoms with Gasteiger partial charge in [0.05, 0.1) is 16.9 Å². The van der Waals surface area contributed by atoms with Crippen LogP contribution >= 0.6 is 27.5 Å². The fraction of sp³-hybridized carbons (Fsp3) is 0.167. The van der Waals surface area contributed by atoms with Crippen LogP contribution in [0.15, 0.2) is 28.9 Å². The van der Waals surface area contributed by atoms with Gasteiger partial charge < -0.3 is 5.32 Å². The fourth-order valence-corrected chi connectivity index (χ4v) is 2.45. The van der Waals surface area contributed by atoms with E-state index >= 15 is 0 Å². The lowest BCUT2D eigenvalue weighted by Crippen LogP contribution is -2.12. The summed E-state index contributed by atoms with van der Waals surface area (Å²) in [6.07, 6.45) is 1.76. The van der Waals surface area contributed by atoms with Crippen LogP contribution in [0.5, 0.6) is 0 Å². The smallest absolute Gasteiger partial charge is 0.256 e. The molecule has 0 aliphatic heterocycles. The predicted molar refractivity (Wildman–Crippen MR) is 75.1 cm³/mol. The Hall–Kier alpha value is -1.33. The molecular weight excluding hydrogens is 318 g/mol. The highest BCUT2D eigenvalue weighted by molar-refractivity contribution is 9.10. The maximum absolute atomic E-state index is 12.1. The minimum atomic E-state index is -0.199. The standard InChI is InChI=1S/C12H11BrClN3O/c1-7-11(6-17(2)16-7)15-12(18)9-4-3-8(14)5-10(9)13/h3-6H,1-2H3,(H,15,18). The van der Waals surface area contributed by atoms with Crippen molar-refractivity contribution in [3.05, 3.63) is 45.1 Å². The van der Waals surface area contributed by atoms with Crippen molar-refractivity contribution in [1.29, 1.82) is 0 Å². The van der Waals surface area contributed by atoms with Crippen molar-refractivity contribution in [2.45, 2.75) is 6.92 Å². The summed E-state index contributed by atoms with van der Waals surface area (Å²) >= 11 is 9.15. The van der Waals surface area contributed by atoms with Gasteiger partial charge in [0.15, 0.2) is 0 Å². The molecule has 0 saturated carbocycles. The normalized spacial score (nSPS) is 10.4. The monoisotopic (exact) mass is 327 g/mol. The van der Waals surface area contributed by atoms with Crippen molar-refractivity contribution >= 4 is 39.1 Å². The third kappa shape index (κ3) is 2.73. The third-order valence-electron chi connectivity index (χ3n) is 2.44. The van der Waals surface area contributed by atoms with Gasteiger partial charge in [-0.2, -0.15) is 5.10 Å². The first-order valence-electron chi connectivity index (χ1n) is 5.24. The molecule has 0 radical (unpaired) electrons. The molecular formula is C12H11BrClN3O. The first-order valence-corrected chi connectivity index (χ1v) is 6.41. The summed E-state index contributed by atoms with van der Waals surface area (Å²) in [4.78, 5) is 12.1. The number of hydrogen-bond donors (Lipinski definition) is 1. The van der Waals surface area contributed by atoms with E-state index in [4.69, 9.17) is 11.6 Å². The highest BCUT2D eigenvalue weighted by Crippen LogP contribution is 2.23. The van der Waals surface area contributed by atoms with E-state index in [0.29, 0.717) is 20.7 Å². The van der Waals surface area contributed by atoms with Gasteiger partial charge in [0.1, 0.15) is 0 Å². The molecule has 0 bridgehead atoms. The van der Waals surface area contributed by atoms with Crippen LogP contribution in [0.4, 0.5) is 5.69 Å². The van der Waals surface area contributed by atoms with Gasteiger partial charge in [0.25, 0.3) is 5.91 Å². The minimum Gasteiger partial charge on any atom is -0.319 e. The summed E-state index contributed by atoms with van der Waals surface area (Å²) in [5, 5.41) is 7.56. The van der Waals surface area contributed by atoms with Crippen molar-refractivity contribution in [3.63, 3.8) is 0 Å². The topological polar surface area (TPSA) is 46.9 Å². The van der Waals surface area contributed by atoms with E-state index in [1.165, 1.54) is 0 Å². The van der Waals surface area contributed by atoms with Gasteiger partial charge >= 0.3 is 0 Å². The van der Waals surface area contributed by atoms with E-state index in [9.17, 15) is 4.79 Å². The second-order valence-electron chi connectivity index (χ2n) is 3.88. The van der Waals surface area contributed by atoms with Crippen molar-refractivity contribution < 1.29 is 4.79 Å². The first-order chi connectivity index (χ1) is 8.47. The molecule has 0 fully saturated rings. The number of nitrogens with one attached hydrogen (secondary N) is 1. The number of carbonyl (C=O) groups is 1. The lowest BCUT2D eigenvalue weighted by molar-refractivity contribution is 0.102. The molecule has 2 rings (SSSR count). The maximum atomic E-state index is 12.1. The Morgan fingerprint density at radius 2 is 2.22 bits per heavy atom. The number of carbonyl (C=O) groups excluding carboxylic acids is 1. The Bertz CT molecular complexity index is 609. The van der Waals surface area contributed by atoms with Gasteiger partial charge in [0, 0.05) is 22.7 Å². The zero-order valence-electron chi connectivity index (χ0n) is 9.87. The number of benzene rings is 1. The maximum Gasteiger partial charge on any atom is 0.256 e. The largest absolute Gasteiger partial charge is 0.319 e. The second-order valence-corrected chi connectivity index (χ2v) is 5.17. The molecule has 0 unspecified atom stereocenters. The number of rotatable bonds is 2. The molecule has 1 amide bonds. The summed E-state index contributed by atoms with van der Waals surface area (Å²) in [5.41, 5.74) is 2.00. The highest BCUT2D eigenvalue weighted by Gasteiger charge is 2.13. The van der Waals surface area contributed by atoms with Crippen LogP contribution in [-0.4, -0.2) is 15.7 Å². The Balaban J connectivity index is 2.24. The number of aryl methyl sites for hydroxylation is 2. The van der Waals surface area contributed by atoms with Crippen LogP contribution in [0.25, 0.3) is 0 Å². The van der Waals surface area contributed by atoms with Crippen molar-refractivity contribution in [2.24, 2.45) is 7.05 Å². The summed E-state index contributed by atoms with van der Waals surface area (Å²) in [6, 6.07) is 5.04. The first kappa shape index (κ1) is 13.1. The van der Waals surface area contributed by atoms with Gasteiger partial charge in [-0.25, -0.2) is 0 Å². The summed E-state index contributed by atoms with van der Waals surface area (Å²) in [7, 11) is 1.81. The van der Waals surface area contributed by atoms with Crippen LogP contribution in [-0.2, 0) is 7.05 Å². The average Bonchev–Trinajstić information content (AvgIpc) is 2.57. The zero-order valence-corrected chi connectivity index (χ0v) is 12.2. The molecule has 1 aromatic carbocycles. The van der Waals surface area contributed by atoms with Gasteiger partial charge in [-0.05, 0) is 41.1 Å². The molecule has 6 heteroatoms. The number of hydrogen-bond acceptors (Lipinski definition) is 2. The lowest BCUT2D eigenvalue weighted by atomic mass is 10.2. The summed E-state index contributed by atoms with van der Waals surface area (Å²) in [5.74, 6) is -0.199. The SMILES string of the molecule is Cc1nn(C)cc1NC(=O)c1ccc(Cl)cc1Br.